The van der Waals surface area contributed by atoms with Gasteiger partial charge in [-0.15, -0.1) is 11.3 Å². The van der Waals surface area contributed by atoms with Gasteiger partial charge in [0.05, 0.1) is 5.69 Å². The Morgan fingerprint density at radius 2 is 1.96 bits per heavy atom. The van der Waals surface area contributed by atoms with Crippen molar-refractivity contribution in [1.29, 1.82) is 0 Å². The number of nitrogens with zero attached hydrogens (tertiary/aromatic N) is 1. The van der Waals surface area contributed by atoms with Crippen molar-refractivity contribution in [3.63, 3.8) is 0 Å². The Kier molecular flexibility index (Phi) is 5.24. The molecule has 0 aliphatic carbocycles. The minimum atomic E-state index is 0.233. The normalized spacial score (nSPS) is 14.6. The fraction of sp³-hybridized carbons (Fsp3) is 0.350. The second-order valence-electron chi connectivity index (χ2n) is 6.66. The molecule has 2 aromatic heterocycles. The maximum absolute atomic E-state index is 5.74. The topological polar surface area (TPSA) is 43.4 Å². The lowest BCUT2D eigenvalue weighted by Gasteiger charge is -2.25. The Balaban J connectivity index is 1.48. The summed E-state index contributed by atoms with van der Waals surface area (Å²) in [5, 5.41) is 11.1. The van der Waals surface area contributed by atoms with Gasteiger partial charge in [-0.1, -0.05) is 19.9 Å². The first-order valence-corrected chi connectivity index (χ1v) is 10.6. The predicted octanol–water partition coefficient (Wildman–Crippen LogP) is 5.13. The lowest BCUT2D eigenvalue weighted by atomic mass is 9.95. The number of nitrogens with one attached hydrogen (secondary N) is 1. The maximum Gasteiger partial charge on any atom is 0.161 e. The molecule has 0 unspecified atom stereocenters. The number of hydrogen-bond acceptors (Lipinski definition) is 6. The largest absolute Gasteiger partial charge is 0.486 e. The SMILES string of the molecule is CC(C)[C@@H](NCc1csc(-c2ccsc2)n1)c1ccc2c(c1)OCCO2. The molecule has 0 amide bonds. The molecule has 1 aliphatic heterocycles. The van der Waals surface area contributed by atoms with Crippen molar-refractivity contribution in [3.8, 4) is 22.1 Å². The van der Waals surface area contributed by atoms with Gasteiger partial charge in [0.15, 0.2) is 11.5 Å². The summed E-state index contributed by atoms with van der Waals surface area (Å²) in [5.41, 5.74) is 3.51. The lowest BCUT2D eigenvalue weighted by Crippen LogP contribution is -2.26. The van der Waals surface area contributed by atoms with Crippen molar-refractivity contribution in [2.75, 3.05) is 13.2 Å². The second-order valence-corrected chi connectivity index (χ2v) is 8.30. The van der Waals surface area contributed by atoms with E-state index in [2.05, 4.69) is 53.5 Å². The van der Waals surface area contributed by atoms with E-state index in [1.54, 1.807) is 22.7 Å². The van der Waals surface area contributed by atoms with Gasteiger partial charge in [-0.3, -0.25) is 0 Å². The first-order valence-electron chi connectivity index (χ1n) is 8.80. The molecule has 6 heteroatoms. The van der Waals surface area contributed by atoms with E-state index in [0.29, 0.717) is 19.1 Å². The Labute approximate surface area is 161 Å². The van der Waals surface area contributed by atoms with Crippen LogP contribution in [0.15, 0.2) is 40.4 Å². The number of hydrogen-bond donors (Lipinski definition) is 1. The van der Waals surface area contributed by atoms with Crippen LogP contribution < -0.4 is 14.8 Å². The van der Waals surface area contributed by atoms with Crippen LogP contribution in [0.5, 0.6) is 11.5 Å². The molecule has 3 aromatic rings. The van der Waals surface area contributed by atoms with E-state index < -0.39 is 0 Å². The lowest BCUT2D eigenvalue weighted by molar-refractivity contribution is 0.171. The number of thiazole rings is 1. The molecule has 0 fully saturated rings. The molecule has 4 nitrogen and oxygen atoms in total. The van der Waals surface area contributed by atoms with Crippen LogP contribution in [0, 0.1) is 5.92 Å². The Hall–Kier alpha value is -1.89. The standard InChI is InChI=1S/C20H22N2O2S2/c1-13(2)19(14-3-4-17-18(9-14)24-7-6-23-17)21-10-16-12-26-20(22-16)15-5-8-25-11-15/h3-5,8-9,11-13,19,21H,6-7,10H2,1-2H3/t19-/m1/s1. The average molecular weight is 387 g/mol. The summed E-state index contributed by atoms with van der Waals surface area (Å²) < 4.78 is 11.4. The highest BCUT2D eigenvalue weighted by molar-refractivity contribution is 7.14. The summed E-state index contributed by atoms with van der Waals surface area (Å²) in [7, 11) is 0. The third kappa shape index (κ3) is 3.77. The van der Waals surface area contributed by atoms with Crippen LogP contribution in [0.1, 0.15) is 31.1 Å². The zero-order valence-corrected chi connectivity index (χ0v) is 16.5. The molecule has 1 N–H and O–H groups in total. The van der Waals surface area contributed by atoms with Gasteiger partial charge >= 0.3 is 0 Å². The van der Waals surface area contributed by atoms with Crippen molar-refractivity contribution in [2.45, 2.75) is 26.4 Å². The van der Waals surface area contributed by atoms with Crippen molar-refractivity contribution in [1.82, 2.24) is 10.3 Å². The molecule has 136 valence electrons. The highest BCUT2D eigenvalue weighted by atomic mass is 32.1. The number of rotatable bonds is 6. The van der Waals surface area contributed by atoms with Crippen LogP contribution in [-0.4, -0.2) is 18.2 Å². The fourth-order valence-electron chi connectivity index (χ4n) is 3.11. The Morgan fingerprint density at radius 1 is 1.12 bits per heavy atom. The van der Waals surface area contributed by atoms with Crippen molar-refractivity contribution in [2.24, 2.45) is 5.92 Å². The van der Waals surface area contributed by atoms with Crippen molar-refractivity contribution in [3.05, 3.63) is 51.7 Å². The van der Waals surface area contributed by atoms with Gasteiger partial charge < -0.3 is 14.8 Å². The first kappa shape index (κ1) is 17.5. The van der Waals surface area contributed by atoms with Crippen LogP contribution in [0.4, 0.5) is 0 Å². The smallest absolute Gasteiger partial charge is 0.161 e. The molecule has 0 saturated carbocycles. The average Bonchev–Trinajstić information content (AvgIpc) is 3.33. The summed E-state index contributed by atoms with van der Waals surface area (Å²) in [4.78, 5) is 4.77. The van der Waals surface area contributed by atoms with Gasteiger partial charge in [0.2, 0.25) is 0 Å². The van der Waals surface area contributed by atoms with Gasteiger partial charge in [0.1, 0.15) is 18.2 Å². The predicted molar refractivity (Wildman–Crippen MR) is 107 cm³/mol. The molecule has 1 atom stereocenters. The highest BCUT2D eigenvalue weighted by Gasteiger charge is 2.20. The Bertz CT molecular complexity index is 859. The highest BCUT2D eigenvalue weighted by Crippen LogP contribution is 2.34. The monoisotopic (exact) mass is 386 g/mol. The molecular weight excluding hydrogens is 364 g/mol. The van der Waals surface area contributed by atoms with Crippen LogP contribution >= 0.6 is 22.7 Å². The zero-order chi connectivity index (χ0) is 17.9. The third-order valence-corrected chi connectivity index (χ3v) is 6.04. The van der Waals surface area contributed by atoms with Gasteiger partial charge in [-0.25, -0.2) is 4.98 Å². The molecule has 26 heavy (non-hydrogen) atoms. The van der Waals surface area contributed by atoms with Crippen molar-refractivity contribution < 1.29 is 9.47 Å². The second kappa shape index (κ2) is 7.78. The summed E-state index contributed by atoms with van der Waals surface area (Å²) >= 11 is 3.40. The summed E-state index contributed by atoms with van der Waals surface area (Å²) in [6.45, 7) is 6.44. The Morgan fingerprint density at radius 3 is 2.73 bits per heavy atom. The van der Waals surface area contributed by atoms with Crippen LogP contribution in [0.25, 0.3) is 10.6 Å². The molecular formula is C20H22N2O2S2. The molecule has 0 bridgehead atoms. The maximum atomic E-state index is 5.74. The number of thiophene rings is 1. The minimum Gasteiger partial charge on any atom is -0.486 e. The van der Waals surface area contributed by atoms with E-state index in [0.717, 1.165) is 28.7 Å². The molecule has 4 rings (SSSR count). The third-order valence-electron chi connectivity index (χ3n) is 4.41. The van der Waals surface area contributed by atoms with Crippen LogP contribution in [0.3, 0.4) is 0 Å². The molecule has 0 spiro atoms. The van der Waals surface area contributed by atoms with E-state index in [1.165, 1.54) is 11.1 Å². The fourth-order valence-corrected chi connectivity index (χ4v) is 4.65. The molecule has 3 heterocycles. The van der Waals surface area contributed by atoms with Gasteiger partial charge in [0, 0.05) is 28.9 Å². The van der Waals surface area contributed by atoms with Gasteiger partial charge in [-0.05, 0) is 35.1 Å². The number of fused-ring (bicyclic) bond motifs is 1. The number of ether oxygens (including phenoxy) is 2. The molecule has 0 radical (unpaired) electrons. The van der Waals surface area contributed by atoms with E-state index in [-0.39, 0.29) is 6.04 Å². The quantitative estimate of drug-likeness (QED) is 0.638. The van der Waals surface area contributed by atoms with Crippen LogP contribution in [-0.2, 0) is 6.54 Å². The van der Waals surface area contributed by atoms with Crippen molar-refractivity contribution >= 4 is 22.7 Å². The number of benzene rings is 1. The molecule has 1 aromatic carbocycles. The van der Waals surface area contributed by atoms with E-state index in [9.17, 15) is 0 Å². The van der Waals surface area contributed by atoms with Crippen LogP contribution in [0.2, 0.25) is 0 Å². The van der Waals surface area contributed by atoms with Gasteiger partial charge in [-0.2, -0.15) is 11.3 Å². The van der Waals surface area contributed by atoms with E-state index in [1.807, 2.05) is 6.07 Å². The zero-order valence-electron chi connectivity index (χ0n) is 14.9. The van der Waals surface area contributed by atoms with Gasteiger partial charge in [0.25, 0.3) is 0 Å². The van der Waals surface area contributed by atoms with E-state index >= 15 is 0 Å². The minimum absolute atomic E-state index is 0.233. The summed E-state index contributed by atoms with van der Waals surface area (Å²) in [6.07, 6.45) is 0. The number of aromatic nitrogens is 1. The molecule has 0 saturated heterocycles. The summed E-state index contributed by atoms with van der Waals surface area (Å²) in [6, 6.07) is 8.59. The first-order chi connectivity index (χ1) is 12.7. The molecule has 1 aliphatic rings. The summed E-state index contributed by atoms with van der Waals surface area (Å²) in [5.74, 6) is 2.13. The van der Waals surface area contributed by atoms with E-state index in [4.69, 9.17) is 14.5 Å².